The summed E-state index contributed by atoms with van der Waals surface area (Å²) in [6.07, 6.45) is 0.472. The van der Waals surface area contributed by atoms with Gasteiger partial charge in [0.2, 0.25) is 5.91 Å². The second-order valence-corrected chi connectivity index (χ2v) is 4.78. The molecule has 0 saturated carbocycles. The van der Waals surface area contributed by atoms with Crippen molar-refractivity contribution < 1.29 is 19.5 Å². The van der Waals surface area contributed by atoms with Crippen LogP contribution in [0.5, 0.6) is 0 Å². The average Bonchev–Trinajstić information content (AvgIpc) is 2.50. The molecule has 0 aliphatic rings. The fourth-order valence-electron chi connectivity index (χ4n) is 1.88. The molecule has 1 rings (SSSR count). The van der Waals surface area contributed by atoms with Crippen LogP contribution in [0, 0.1) is 0 Å². The van der Waals surface area contributed by atoms with Crippen LogP contribution in [0.4, 0.5) is 0 Å². The monoisotopic (exact) mass is 325 g/mol. The Bertz CT molecular complexity index is 591. The Kier molecular flexibility index (Phi) is 6.09. The van der Waals surface area contributed by atoms with Crippen molar-refractivity contribution in [1.29, 1.82) is 0 Å². The van der Waals surface area contributed by atoms with Gasteiger partial charge in [-0.2, -0.15) is 0 Å². The molecule has 22 heavy (non-hydrogen) atoms. The third kappa shape index (κ3) is 3.84. The molecule has 0 radical (unpaired) electrons. The van der Waals surface area contributed by atoms with Gasteiger partial charge in [0.05, 0.1) is 0 Å². The number of rotatable bonds is 7. The van der Waals surface area contributed by atoms with Gasteiger partial charge in [0.25, 0.3) is 5.91 Å². The minimum absolute atomic E-state index is 0.206. The summed E-state index contributed by atoms with van der Waals surface area (Å²) in [6.45, 7) is 0. The zero-order valence-corrected chi connectivity index (χ0v) is 12.4. The molecule has 2 amide bonds. The van der Waals surface area contributed by atoms with E-state index in [-0.39, 0.29) is 18.4 Å². The van der Waals surface area contributed by atoms with Gasteiger partial charge < -0.3 is 10.8 Å². The molecule has 0 spiro atoms. The highest BCUT2D eigenvalue weighted by molar-refractivity contribution is 6.25. The smallest absolute Gasteiger partial charge is 0.335 e. The van der Waals surface area contributed by atoms with E-state index in [1.54, 1.807) is 18.2 Å². The number of carboxylic acid groups (broad SMARTS) is 1. The summed E-state index contributed by atoms with van der Waals surface area (Å²) in [5.41, 5.74) is 4.23. The van der Waals surface area contributed by atoms with Crippen molar-refractivity contribution >= 4 is 29.4 Å². The highest BCUT2D eigenvalue weighted by atomic mass is 35.5. The van der Waals surface area contributed by atoms with E-state index in [4.69, 9.17) is 23.2 Å². The molecule has 8 heteroatoms. The third-order valence-electron chi connectivity index (χ3n) is 3.13. The molecule has 5 N–H and O–H groups in total. The van der Waals surface area contributed by atoms with Crippen LogP contribution in [-0.2, 0) is 9.59 Å². The average molecular weight is 326 g/mol. The summed E-state index contributed by atoms with van der Waals surface area (Å²) in [6, 6.07) is 7.92. The minimum atomic E-state index is -1.97. The van der Waals surface area contributed by atoms with Gasteiger partial charge in [-0.15, -0.1) is 0 Å². The summed E-state index contributed by atoms with van der Waals surface area (Å²) in [4.78, 5) is 35.0. The Balaban J connectivity index is 3.21. The van der Waals surface area contributed by atoms with Crippen LogP contribution in [0.15, 0.2) is 41.9 Å². The van der Waals surface area contributed by atoms with Crippen molar-refractivity contribution in [1.82, 2.24) is 5.01 Å². The normalized spacial score (nSPS) is 13.5. The first-order chi connectivity index (χ1) is 10.3. The summed E-state index contributed by atoms with van der Waals surface area (Å²) in [5, 5.41) is 10.0. The van der Waals surface area contributed by atoms with E-state index >= 15 is 0 Å². The highest BCUT2D eigenvalue weighted by Crippen LogP contribution is 2.24. The van der Waals surface area contributed by atoms with Crippen LogP contribution in [0.2, 0.25) is 0 Å². The molecule has 0 bridgehead atoms. The summed E-state index contributed by atoms with van der Waals surface area (Å²) < 4.78 is 0. The van der Waals surface area contributed by atoms with Gasteiger partial charge in [0.1, 0.15) is 0 Å². The van der Waals surface area contributed by atoms with E-state index in [9.17, 15) is 19.5 Å². The molecule has 1 atom stereocenters. The predicted octanol–water partition coefficient (Wildman–Crippen LogP) is 0.844. The van der Waals surface area contributed by atoms with E-state index in [2.05, 4.69) is 0 Å². The number of benzene rings is 1. The molecule has 1 aromatic rings. The van der Waals surface area contributed by atoms with Crippen molar-refractivity contribution in [2.45, 2.75) is 18.4 Å². The van der Waals surface area contributed by atoms with Crippen molar-refractivity contribution in [2.75, 3.05) is 0 Å². The summed E-state index contributed by atoms with van der Waals surface area (Å²) in [7, 11) is 0. The summed E-state index contributed by atoms with van der Waals surface area (Å²) in [5.74, 6) is 2.89. The van der Waals surface area contributed by atoms with Crippen molar-refractivity contribution in [3.63, 3.8) is 0 Å². The molecule has 0 fully saturated rings. The van der Waals surface area contributed by atoms with E-state index in [1.807, 2.05) is 0 Å². The Morgan fingerprint density at radius 2 is 1.86 bits per heavy atom. The minimum Gasteiger partial charge on any atom is -0.479 e. The third-order valence-corrected chi connectivity index (χ3v) is 3.26. The van der Waals surface area contributed by atoms with E-state index in [0.717, 1.165) is 11.6 Å². The topological polar surface area (TPSA) is 127 Å². The molecule has 0 unspecified atom stereocenters. The van der Waals surface area contributed by atoms with Crippen LogP contribution < -0.4 is 11.6 Å². The van der Waals surface area contributed by atoms with Gasteiger partial charge >= 0.3 is 5.97 Å². The molecule has 1 aromatic carbocycles. The highest BCUT2D eigenvalue weighted by Gasteiger charge is 2.44. The second kappa shape index (κ2) is 7.58. The number of carboxylic acids is 1. The van der Waals surface area contributed by atoms with Crippen LogP contribution in [0.1, 0.15) is 23.2 Å². The van der Waals surface area contributed by atoms with Gasteiger partial charge in [0.15, 0.2) is 5.54 Å². The first-order valence-electron chi connectivity index (χ1n) is 6.29. The van der Waals surface area contributed by atoms with Crippen LogP contribution in [0.3, 0.4) is 0 Å². The van der Waals surface area contributed by atoms with Gasteiger partial charge in [-0.05, 0) is 24.6 Å². The lowest BCUT2D eigenvalue weighted by molar-refractivity contribution is -0.147. The van der Waals surface area contributed by atoms with Crippen molar-refractivity contribution in [3.05, 3.63) is 47.5 Å². The van der Waals surface area contributed by atoms with E-state index in [1.165, 1.54) is 12.1 Å². The van der Waals surface area contributed by atoms with Crippen LogP contribution in [-0.4, -0.2) is 33.4 Å². The molecular formula is C14H16ClN3O4. The number of halogens is 1. The molecule has 0 aromatic heterocycles. The van der Waals surface area contributed by atoms with Crippen LogP contribution in [0.25, 0.3) is 0 Å². The maximum Gasteiger partial charge on any atom is 0.335 e. The maximum absolute atomic E-state index is 12.4. The number of amides is 2. The quantitative estimate of drug-likeness (QED) is 0.389. The Morgan fingerprint density at radius 3 is 2.32 bits per heavy atom. The van der Waals surface area contributed by atoms with Crippen molar-refractivity contribution in [3.8, 4) is 0 Å². The molecular weight excluding hydrogens is 310 g/mol. The lowest BCUT2D eigenvalue weighted by atomic mass is 9.91. The number of nitrogens with zero attached hydrogens (tertiary/aromatic N) is 1. The summed E-state index contributed by atoms with van der Waals surface area (Å²) >= 11 is 5.49. The van der Waals surface area contributed by atoms with E-state index < -0.39 is 23.3 Å². The van der Waals surface area contributed by atoms with Crippen molar-refractivity contribution in [2.24, 2.45) is 11.6 Å². The molecule has 0 saturated heterocycles. The van der Waals surface area contributed by atoms with Gasteiger partial charge in [0, 0.05) is 17.5 Å². The molecule has 0 heterocycles. The Labute approximate surface area is 132 Å². The predicted molar refractivity (Wildman–Crippen MR) is 80.6 cm³/mol. The number of carbonyl (C=O) groups excluding carboxylic acids is 2. The zero-order valence-electron chi connectivity index (χ0n) is 11.6. The molecule has 0 aliphatic carbocycles. The largest absolute Gasteiger partial charge is 0.479 e. The lowest BCUT2D eigenvalue weighted by Crippen LogP contribution is -2.59. The van der Waals surface area contributed by atoms with Gasteiger partial charge in [-0.25, -0.2) is 10.6 Å². The fraction of sp³-hybridized carbons (Fsp3) is 0.214. The number of primary amides is 1. The number of nitrogens with two attached hydrogens (primary N) is 2. The number of hydrogen-bond donors (Lipinski definition) is 3. The maximum atomic E-state index is 12.4. The Hall–Kier alpha value is -2.38. The number of carbonyl (C=O) groups is 3. The first-order valence-corrected chi connectivity index (χ1v) is 6.72. The van der Waals surface area contributed by atoms with Crippen LogP contribution >= 0.6 is 11.6 Å². The SMILES string of the molecule is NC(=O)CC[C@@](C=CCl)(C(=O)O)N(N)C(=O)c1ccccc1. The first kappa shape index (κ1) is 17.7. The lowest BCUT2D eigenvalue weighted by Gasteiger charge is -2.34. The number of aliphatic carboxylic acids is 1. The molecule has 0 aliphatic heterocycles. The number of hydrazine groups is 1. The van der Waals surface area contributed by atoms with E-state index in [0.29, 0.717) is 5.01 Å². The standard InChI is InChI=1S/C14H16ClN3O4/c15-9-8-14(13(21)22,7-6-11(16)19)18(17)12(20)10-4-2-1-3-5-10/h1-5,8-9H,6-7,17H2,(H2,16,19)(H,21,22)/t14-/m1/s1. The second-order valence-electron chi connectivity index (χ2n) is 4.53. The fourth-order valence-corrected chi connectivity index (χ4v) is 2.09. The van der Waals surface area contributed by atoms with Gasteiger partial charge in [-0.3, -0.25) is 14.6 Å². The Morgan fingerprint density at radius 1 is 1.27 bits per heavy atom. The molecule has 118 valence electrons. The van der Waals surface area contributed by atoms with Gasteiger partial charge in [-0.1, -0.05) is 29.8 Å². The zero-order chi connectivity index (χ0) is 16.8. The molecule has 7 nitrogen and oxygen atoms in total. The number of hydrogen-bond acceptors (Lipinski definition) is 4.